The molecule has 0 bridgehead atoms. The zero-order chi connectivity index (χ0) is 11.4. The summed E-state index contributed by atoms with van der Waals surface area (Å²) in [5.74, 6) is 0. The van der Waals surface area contributed by atoms with E-state index >= 15 is 0 Å². The minimum absolute atomic E-state index is 0.422. The lowest BCUT2D eigenvalue weighted by Gasteiger charge is -2.13. The summed E-state index contributed by atoms with van der Waals surface area (Å²) in [7, 11) is 0. The number of benzene rings is 1. The Morgan fingerprint density at radius 2 is 2.19 bits per heavy atom. The standard InChI is InChI=1S/C12H17N3O/c13-12(16)15-8-7-14-11-6-5-9-3-1-2-4-10(9)11/h1-4,11,14H,5-8H2,(H3,13,15,16). The summed E-state index contributed by atoms with van der Waals surface area (Å²) < 4.78 is 0. The van der Waals surface area contributed by atoms with Gasteiger partial charge in [0.05, 0.1) is 0 Å². The van der Waals surface area contributed by atoms with Crippen molar-refractivity contribution in [3.05, 3.63) is 35.4 Å². The minimum atomic E-state index is -0.464. The first kappa shape index (κ1) is 11.0. The van der Waals surface area contributed by atoms with Gasteiger partial charge in [0.25, 0.3) is 0 Å². The van der Waals surface area contributed by atoms with E-state index in [0.29, 0.717) is 12.6 Å². The summed E-state index contributed by atoms with van der Waals surface area (Å²) in [6.45, 7) is 1.33. The molecule has 0 spiro atoms. The van der Waals surface area contributed by atoms with Crippen LogP contribution in [0.15, 0.2) is 24.3 Å². The van der Waals surface area contributed by atoms with Crippen molar-refractivity contribution < 1.29 is 4.79 Å². The molecule has 1 aliphatic rings. The molecule has 0 fully saturated rings. The monoisotopic (exact) mass is 219 g/mol. The predicted molar refractivity (Wildman–Crippen MR) is 63.1 cm³/mol. The molecule has 4 N–H and O–H groups in total. The third kappa shape index (κ3) is 2.52. The SMILES string of the molecule is NC(=O)NCCNC1CCc2ccccc21. The molecule has 1 aliphatic carbocycles. The molecule has 4 heteroatoms. The van der Waals surface area contributed by atoms with Gasteiger partial charge in [0.15, 0.2) is 0 Å². The molecule has 0 aliphatic heterocycles. The normalized spacial score (nSPS) is 18.1. The number of fused-ring (bicyclic) bond motifs is 1. The average Bonchev–Trinajstić information content (AvgIpc) is 2.68. The van der Waals surface area contributed by atoms with Gasteiger partial charge in [-0.05, 0) is 24.0 Å². The highest BCUT2D eigenvalue weighted by atomic mass is 16.2. The number of carbonyl (C=O) groups excluding carboxylic acids is 1. The van der Waals surface area contributed by atoms with Gasteiger partial charge in [-0.1, -0.05) is 24.3 Å². The molecule has 0 saturated heterocycles. The van der Waals surface area contributed by atoms with Crippen LogP contribution in [-0.2, 0) is 6.42 Å². The molecule has 1 unspecified atom stereocenters. The molecule has 0 saturated carbocycles. The van der Waals surface area contributed by atoms with E-state index in [1.165, 1.54) is 11.1 Å². The molecule has 2 rings (SSSR count). The Hall–Kier alpha value is -1.55. The van der Waals surface area contributed by atoms with Crippen LogP contribution in [-0.4, -0.2) is 19.1 Å². The van der Waals surface area contributed by atoms with E-state index in [0.717, 1.165) is 19.4 Å². The topological polar surface area (TPSA) is 67.2 Å². The summed E-state index contributed by atoms with van der Waals surface area (Å²) in [6.07, 6.45) is 2.27. The van der Waals surface area contributed by atoms with E-state index in [9.17, 15) is 4.79 Å². The van der Waals surface area contributed by atoms with Crippen molar-refractivity contribution in [1.82, 2.24) is 10.6 Å². The van der Waals surface area contributed by atoms with E-state index in [2.05, 4.69) is 34.9 Å². The first-order chi connectivity index (χ1) is 7.77. The molecular weight excluding hydrogens is 202 g/mol. The highest BCUT2D eigenvalue weighted by Gasteiger charge is 2.20. The smallest absolute Gasteiger partial charge is 0.312 e. The first-order valence-corrected chi connectivity index (χ1v) is 5.62. The second kappa shape index (κ2) is 4.99. The van der Waals surface area contributed by atoms with Crippen LogP contribution in [0, 0.1) is 0 Å². The zero-order valence-corrected chi connectivity index (χ0v) is 9.20. The second-order valence-electron chi connectivity index (χ2n) is 4.04. The van der Waals surface area contributed by atoms with Crippen LogP contribution in [0.3, 0.4) is 0 Å². The Kier molecular flexibility index (Phi) is 3.41. The lowest BCUT2D eigenvalue weighted by atomic mass is 10.1. The average molecular weight is 219 g/mol. The maximum Gasteiger partial charge on any atom is 0.312 e. The Morgan fingerprint density at radius 1 is 1.38 bits per heavy atom. The highest BCUT2D eigenvalue weighted by Crippen LogP contribution is 2.30. The maximum absolute atomic E-state index is 10.5. The van der Waals surface area contributed by atoms with Gasteiger partial charge in [-0.3, -0.25) is 0 Å². The number of primary amides is 1. The number of rotatable bonds is 4. The number of hydrogen-bond donors (Lipinski definition) is 3. The van der Waals surface area contributed by atoms with Gasteiger partial charge in [0, 0.05) is 19.1 Å². The van der Waals surface area contributed by atoms with Crippen LogP contribution >= 0.6 is 0 Å². The lowest BCUT2D eigenvalue weighted by Crippen LogP contribution is -2.36. The number of aryl methyl sites for hydroxylation is 1. The van der Waals surface area contributed by atoms with Crippen LogP contribution < -0.4 is 16.4 Å². The molecule has 0 heterocycles. The van der Waals surface area contributed by atoms with Crippen LogP contribution in [0.1, 0.15) is 23.6 Å². The largest absolute Gasteiger partial charge is 0.352 e. The summed E-state index contributed by atoms with van der Waals surface area (Å²) in [5, 5.41) is 5.99. The van der Waals surface area contributed by atoms with Crippen LogP contribution in [0.5, 0.6) is 0 Å². The molecule has 16 heavy (non-hydrogen) atoms. The van der Waals surface area contributed by atoms with E-state index in [1.54, 1.807) is 0 Å². The third-order valence-corrected chi connectivity index (χ3v) is 2.95. The van der Waals surface area contributed by atoms with Gasteiger partial charge in [-0.2, -0.15) is 0 Å². The molecule has 0 aromatic heterocycles. The first-order valence-electron chi connectivity index (χ1n) is 5.62. The molecule has 86 valence electrons. The van der Waals surface area contributed by atoms with Gasteiger partial charge < -0.3 is 16.4 Å². The molecule has 1 atom stereocenters. The van der Waals surface area contributed by atoms with E-state index in [1.807, 2.05) is 0 Å². The highest BCUT2D eigenvalue weighted by molar-refractivity contribution is 5.71. The fourth-order valence-corrected chi connectivity index (χ4v) is 2.20. The Bertz CT molecular complexity index is 378. The van der Waals surface area contributed by atoms with Crippen LogP contribution in [0.25, 0.3) is 0 Å². The van der Waals surface area contributed by atoms with Crippen molar-refractivity contribution in [3.63, 3.8) is 0 Å². The molecule has 1 aromatic rings. The van der Waals surface area contributed by atoms with Crippen molar-refractivity contribution in [2.75, 3.05) is 13.1 Å². The maximum atomic E-state index is 10.5. The van der Waals surface area contributed by atoms with E-state index in [4.69, 9.17) is 5.73 Å². The van der Waals surface area contributed by atoms with Crippen LogP contribution in [0.2, 0.25) is 0 Å². The predicted octanol–water partition coefficient (Wildman–Crippen LogP) is 0.932. The number of nitrogens with two attached hydrogens (primary N) is 1. The quantitative estimate of drug-likeness (QED) is 0.659. The summed E-state index contributed by atoms with van der Waals surface area (Å²) >= 11 is 0. The Labute approximate surface area is 95.2 Å². The molecule has 0 radical (unpaired) electrons. The number of amides is 2. The lowest BCUT2D eigenvalue weighted by molar-refractivity contribution is 0.249. The van der Waals surface area contributed by atoms with Crippen molar-refractivity contribution >= 4 is 6.03 Å². The third-order valence-electron chi connectivity index (χ3n) is 2.95. The minimum Gasteiger partial charge on any atom is -0.352 e. The Balaban J connectivity index is 1.82. The molecule has 1 aromatic carbocycles. The van der Waals surface area contributed by atoms with Gasteiger partial charge in [-0.15, -0.1) is 0 Å². The number of hydrogen-bond acceptors (Lipinski definition) is 2. The zero-order valence-electron chi connectivity index (χ0n) is 9.20. The van der Waals surface area contributed by atoms with Crippen LogP contribution in [0.4, 0.5) is 4.79 Å². The van der Waals surface area contributed by atoms with Crippen molar-refractivity contribution in [3.8, 4) is 0 Å². The van der Waals surface area contributed by atoms with Gasteiger partial charge in [-0.25, -0.2) is 4.79 Å². The van der Waals surface area contributed by atoms with Crippen molar-refractivity contribution in [1.29, 1.82) is 0 Å². The molecular formula is C12H17N3O. The second-order valence-corrected chi connectivity index (χ2v) is 4.04. The van der Waals surface area contributed by atoms with Gasteiger partial charge in [0.2, 0.25) is 0 Å². The van der Waals surface area contributed by atoms with Gasteiger partial charge in [0.1, 0.15) is 0 Å². The van der Waals surface area contributed by atoms with Gasteiger partial charge >= 0.3 is 6.03 Å². The summed E-state index contributed by atoms with van der Waals surface area (Å²) in [6, 6.07) is 8.45. The number of urea groups is 1. The van der Waals surface area contributed by atoms with Crippen molar-refractivity contribution in [2.45, 2.75) is 18.9 Å². The molecule has 4 nitrogen and oxygen atoms in total. The van der Waals surface area contributed by atoms with Crippen molar-refractivity contribution in [2.24, 2.45) is 5.73 Å². The summed E-state index contributed by atoms with van der Waals surface area (Å²) in [5.41, 5.74) is 7.81. The van der Waals surface area contributed by atoms with E-state index < -0.39 is 6.03 Å². The fourth-order valence-electron chi connectivity index (χ4n) is 2.20. The summed E-state index contributed by atoms with van der Waals surface area (Å²) in [4.78, 5) is 10.5. The molecule has 2 amide bonds. The van der Waals surface area contributed by atoms with E-state index in [-0.39, 0.29) is 0 Å². The fraction of sp³-hybridized carbons (Fsp3) is 0.417. The number of nitrogens with one attached hydrogen (secondary N) is 2. The Morgan fingerprint density at radius 3 is 3.00 bits per heavy atom. The number of carbonyl (C=O) groups is 1.